The van der Waals surface area contributed by atoms with Gasteiger partial charge in [-0.15, -0.1) is 0 Å². The summed E-state index contributed by atoms with van der Waals surface area (Å²) in [5, 5.41) is 17.4. The van der Waals surface area contributed by atoms with Crippen molar-refractivity contribution < 1.29 is 24.3 Å². The predicted molar refractivity (Wildman–Crippen MR) is 128 cm³/mol. The van der Waals surface area contributed by atoms with E-state index in [0.717, 1.165) is 0 Å². The van der Waals surface area contributed by atoms with E-state index in [9.17, 15) is 24.3 Å². The monoisotopic (exact) mass is 471 g/mol. The quantitative estimate of drug-likeness (QED) is 0.180. The van der Waals surface area contributed by atoms with E-state index in [1.165, 1.54) is 0 Å². The summed E-state index contributed by atoms with van der Waals surface area (Å²) in [5.74, 6) is -2.91. The fraction of sp³-hybridized carbons (Fsp3) is 0.826. The lowest BCUT2D eigenvalue weighted by molar-refractivity contribution is -0.143. The van der Waals surface area contributed by atoms with Crippen LogP contribution >= 0.6 is 0 Å². The highest BCUT2D eigenvalue weighted by atomic mass is 16.4. The number of amides is 3. The highest BCUT2D eigenvalue weighted by Gasteiger charge is 2.33. The smallest absolute Gasteiger partial charge is 0.326 e. The molecule has 0 aromatic rings. The van der Waals surface area contributed by atoms with Crippen molar-refractivity contribution in [3.63, 3.8) is 0 Å². The molecule has 33 heavy (non-hydrogen) atoms. The molecule has 0 saturated carbocycles. The van der Waals surface area contributed by atoms with Crippen molar-refractivity contribution in [1.29, 1.82) is 0 Å². The van der Waals surface area contributed by atoms with E-state index < -0.39 is 47.9 Å². The molecule has 0 bridgehead atoms. The maximum atomic E-state index is 13.1. The molecule has 0 aliphatic carbocycles. The van der Waals surface area contributed by atoms with Gasteiger partial charge in [0.1, 0.15) is 18.1 Å². The van der Waals surface area contributed by atoms with Gasteiger partial charge in [-0.2, -0.15) is 0 Å². The minimum atomic E-state index is -1.14. The first-order valence-corrected chi connectivity index (χ1v) is 11.9. The second kappa shape index (κ2) is 15.6. The van der Waals surface area contributed by atoms with Gasteiger partial charge in [-0.1, -0.05) is 48.0 Å². The number of unbranched alkanes of at least 4 members (excludes halogenated alkanes) is 1. The summed E-state index contributed by atoms with van der Waals surface area (Å²) in [6.07, 6.45) is 2.57. The lowest BCUT2D eigenvalue weighted by Crippen LogP contribution is -2.59. The molecule has 10 heteroatoms. The van der Waals surface area contributed by atoms with Gasteiger partial charge in [-0.3, -0.25) is 14.4 Å². The third-order valence-electron chi connectivity index (χ3n) is 5.66. The summed E-state index contributed by atoms with van der Waals surface area (Å²) >= 11 is 0. The Bertz CT molecular complexity index is 641. The van der Waals surface area contributed by atoms with Crippen LogP contribution in [0.15, 0.2) is 0 Å². The Morgan fingerprint density at radius 2 is 1.39 bits per heavy atom. The van der Waals surface area contributed by atoms with Gasteiger partial charge in [-0.05, 0) is 50.0 Å². The highest BCUT2D eigenvalue weighted by molar-refractivity contribution is 5.94. The molecule has 0 rings (SSSR count). The second-order valence-corrected chi connectivity index (χ2v) is 9.52. The molecule has 0 fully saturated rings. The number of rotatable bonds is 16. The van der Waals surface area contributed by atoms with E-state index in [4.69, 9.17) is 11.5 Å². The molecule has 0 aromatic carbocycles. The minimum absolute atomic E-state index is 0.195. The van der Waals surface area contributed by atoms with Gasteiger partial charge in [0.2, 0.25) is 17.7 Å². The Morgan fingerprint density at radius 3 is 1.85 bits per heavy atom. The van der Waals surface area contributed by atoms with E-state index in [1.54, 1.807) is 13.8 Å². The van der Waals surface area contributed by atoms with Gasteiger partial charge in [-0.25, -0.2) is 4.79 Å². The molecule has 8 N–H and O–H groups in total. The average molecular weight is 472 g/mol. The summed E-state index contributed by atoms with van der Waals surface area (Å²) in [4.78, 5) is 50.0. The van der Waals surface area contributed by atoms with Crippen molar-refractivity contribution in [1.82, 2.24) is 16.0 Å². The van der Waals surface area contributed by atoms with Crippen LogP contribution in [0.4, 0.5) is 0 Å². The first kappa shape index (κ1) is 30.8. The van der Waals surface area contributed by atoms with Crippen LogP contribution in [0.5, 0.6) is 0 Å². The lowest BCUT2D eigenvalue weighted by Gasteiger charge is -2.29. The number of nitrogens with two attached hydrogens (primary N) is 2. The van der Waals surface area contributed by atoms with Crippen molar-refractivity contribution in [3.8, 4) is 0 Å². The van der Waals surface area contributed by atoms with Crippen LogP contribution in [-0.4, -0.2) is 59.5 Å². The molecule has 0 saturated heterocycles. The van der Waals surface area contributed by atoms with Gasteiger partial charge in [0.05, 0.1) is 6.04 Å². The first-order valence-electron chi connectivity index (χ1n) is 11.9. The van der Waals surface area contributed by atoms with Crippen molar-refractivity contribution >= 4 is 23.7 Å². The zero-order valence-electron chi connectivity index (χ0n) is 21.0. The fourth-order valence-corrected chi connectivity index (χ4v) is 3.37. The Morgan fingerprint density at radius 1 is 0.848 bits per heavy atom. The first-order chi connectivity index (χ1) is 15.3. The van der Waals surface area contributed by atoms with E-state index in [1.807, 2.05) is 27.7 Å². The average Bonchev–Trinajstić information content (AvgIpc) is 2.73. The predicted octanol–water partition coefficient (Wildman–Crippen LogP) is 0.730. The molecule has 0 spiro atoms. The van der Waals surface area contributed by atoms with Crippen LogP contribution < -0.4 is 27.4 Å². The van der Waals surface area contributed by atoms with Crippen LogP contribution in [0, 0.1) is 17.8 Å². The molecule has 5 unspecified atom stereocenters. The third-order valence-corrected chi connectivity index (χ3v) is 5.66. The maximum absolute atomic E-state index is 13.1. The van der Waals surface area contributed by atoms with E-state index in [-0.39, 0.29) is 24.2 Å². The van der Waals surface area contributed by atoms with Crippen LogP contribution in [0.25, 0.3) is 0 Å². The van der Waals surface area contributed by atoms with Gasteiger partial charge in [0, 0.05) is 0 Å². The fourth-order valence-electron chi connectivity index (χ4n) is 3.37. The van der Waals surface area contributed by atoms with E-state index in [0.29, 0.717) is 32.2 Å². The zero-order valence-corrected chi connectivity index (χ0v) is 21.0. The van der Waals surface area contributed by atoms with Gasteiger partial charge in [0.25, 0.3) is 0 Å². The van der Waals surface area contributed by atoms with Crippen molar-refractivity contribution in [2.75, 3.05) is 6.54 Å². The van der Waals surface area contributed by atoms with E-state index in [2.05, 4.69) is 16.0 Å². The lowest BCUT2D eigenvalue weighted by atomic mass is 9.95. The Labute approximate surface area is 198 Å². The number of hydrogen-bond donors (Lipinski definition) is 6. The molecule has 0 heterocycles. The molecular weight excluding hydrogens is 426 g/mol. The maximum Gasteiger partial charge on any atom is 0.326 e. The normalized spacial score (nSPS) is 15.9. The number of hydrogen-bond acceptors (Lipinski definition) is 6. The largest absolute Gasteiger partial charge is 0.480 e. The summed E-state index contributed by atoms with van der Waals surface area (Å²) in [6.45, 7) is 11.6. The van der Waals surface area contributed by atoms with Crippen LogP contribution in [0.2, 0.25) is 0 Å². The van der Waals surface area contributed by atoms with Crippen LogP contribution in [0.3, 0.4) is 0 Å². The molecule has 0 aliphatic rings. The second-order valence-electron chi connectivity index (χ2n) is 9.52. The van der Waals surface area contributed by atoms with Gasteiger partial charge in [0.15, 0.2) is 0 Å². The standard InChI is InChI=1S/C23H45N5O5/c1-7-15(6)19(28-20(29)16(25)12-13(2)3)22(31)27-18(14(4)5)21(30)26-17(23(32)33)10-8-9-11-24/h13-19H,7-12,24-25H2,1-6H3,(H,26,30)(H,27,31)(H,28,29)(H,32,33). The summed E-state index contributed by atoms with van der Waals surface area (Å²) in [6, 6.07) is -3.63. The van der Waals surface area contributed by atoms with E-state index >= 15 is 0 Å². The SMILES string of the molecule is CCC(C)C(NC(=O)C(N)CC(C)C)C(=O)NC(C(=O)NC(CCCCN)C(=O)O)C(C)C. The molecule has 0 radical (unpaired) electrons. The minimum Gasteiger partial charge on any atom is -0.480 e. The van der Waals surface area contributed by atoms with Crippen molar-refractivity contribution in [2.24, 2.45) is 29.2 Å². The Hall–Kier alpha value is -2.20. The van der Waals surface area contributed by atoms with Crippen molar-refractivity contribution in [2.45, 2.75) is 97.8 Å². The Balaban J connectivity index is 5.40. The number of nitrogens with one attached hydrogen (secondary N) is 3. The summed E-state index contributed by atoms with van der Waals surface area (Å²) < 4.78 is 0. The zero-order chi connectivity index (χ0) is 25.7. The number of carbonyl (C=O) groups is 4. The van der Waals surface area contributed by atoms with Gasteiger partial charge < -0.3 is 32.5 Å². The number of aliphatic carboxylic acids is 1. The molecular formula is C23H45N5O5. The Kier molecular flexibility index (Phi) is 14.6. The number of carboxylic acids is 1. The number of carboxylic acid groups (broad SMARTS) is 1. The molecule has 0 aliphatic heterocycles. The number of carbonyl (C=O) groups excluding carboxylic acids is 3. The van der Waals surface area contributed by atoms with Crippen LogP contribution in [0.1, 0.15) is 73.6 Å². The molecule has 0 aromatic heterocycles. The summed E-state index contributed by atoms with van der Waals surface area (Å²) in [7, 11) is 0. The van der Waals surface area contributed by atoms with Gasteiger partial charge >= 0.3 is 5.97 Å². The third kappa shape index (κ3) is 11.5. The van der Waals surface area contributed by atoms with Crippen LogP contribution in [-0.2, 0) is 19.2 Å². The van der Waals surface area contributed by atoms with Crippen molar-refractivity contribution in [3.05, 3.63) is 0 Å². The molecule has 3 amide bonds. The molecule has 10 nitrogen and oxygen atoms in total. The molecule has 192 valence electrons. The molecule has 5 atom stereocenters. The highest BCUT2D eigenvalue weighted by Crippen LogP contribution is 2.12. The summed E-state index contributed by atoms with van der Waals surface area (Å²) in [5.41, 5.74) is 11.4. The topological polar surface area (TPSA) is 177 Å².